The van der Waals surface area contributed by atoms with E-state index >= 15 is 0 Å². The SMILES string of the molecule is CC1(C(=O)Cc2ccc(O)cc2)CCCN1. The standard InChI is InChI=1S/C13H17NO2/c1-13(7-2-8-14-13)12(16)9-10-3-5-11(15)6-4-10/h3-6,14-15H,2,7-9H2,1H3. The molecule has 1 atom stereocenters. The largest absolute Gasteiger partial charge is 0.508 e. The number of nitrogens with one attached hydrogen (secondary N) is 1. The molecule has 0 saturated carbocycles. The third kappa shape index (κ3) is 2.25. The van der Waals surface area contributed by atoms with Crippen molar-refractivity contribution in [3.05, 3.63) is 29.8 Å². The summed E-state index contributed by atoms with van der Waals surface area (Å²) in [6, 6.07) is 6.83. The molecule has 3 heteroatoms. The van der Waals surface area contributed by atoms with Crippen LogP contribution in [0.25, 0.3) is 0 Å². The fourth-order valence-corrected chi connectivity index (χ4v) is 2.13. The minimum Gasteiger partial charge on any atom is -0.508 e. The molecule has 0 aliphatic carbocycles. The first-order valence-electron chi connectivity index (χ1n) is 5.66. The summed E-state index contributed by atoms with van der Waals surface area (Å²) < 4.78 is 0. The Hall–Kier alpha value is -1.35. The number of aromatic hydroxyl groups is 1. The van der Waals surface area contributed by atoms with E-state index in [2.05, 4.69) is 5.32 Å². The number of hydrogen-bond acceptors (Lipinski definition) is 3. The Balaban J connectivity index is 2.04. The highest BCUT2D eigenvalue weighted by Crippen LogP contribution is 2.22. The molecule has 1 aromatic carbocycles. The van der Waals surface area contributed by atoms with E-state index in [0.717, 1.165) is 24.9 Å². The van der Waals surface area contributed by atoms with Gasteiger partial charge in [-0.2, -0.15) is 0 Å². The lowest BCUT2D eigenvalue weighted by Gasteiger charge is -2.22. The minimum atomic E-state index is -0.349. The Labute approximate surface area is 95.5 Å². The summed E-state index contributed by atoms with van der Waals surface area (Å²) in [4.78, 5) is 12.1. The molecule has 1 aromatic rings. The van der Waals surface area contributed by atoms with Crippen LogP contribution in [0.4, 0.5) is 0 Å². The van der Waals surface area contributed by atoms with Gasteiger partial charge in [0.2, 0.25) is 0 Å². The van der Waals surface area contributed by atoms with E-state index in [4.69, 9.17) is 5.11 Å². The third-order valence-corrected chi connectivity index (χ3v) is 3.29. The van der Waals surface area contributed by atoms with E-state index in [1.165, 1.54) is 0 Å². The lowest BCUT2D eigenvalue weighted by atomic mass is 9.90. The number of ketones is 1. The van der Waals surface area contributed by atoms with Gasteiger partial charge >= 0.3 is 0 Å². The quantitative estimate of drug-likeness (QED) is 0.812. The molecule has 0 aromatic heterocycles. The van der Waals surface area contributed by atoms with Crippen molar-refractivity contribution in [2.75, 3.05) is 6.54 Å². The summed E-state index contributed by atoms with van der Waals surface area (Å²) in [6.45, 7) is 2.90. The van der Waals surface area contributed by atoms with Gasteiger partial charge in [0, 0.05) is 6.42 Å². The molecule has 0 spiro atoms. The van der Waals surface area contributed by atoms with Crippen LogP contribution in [-0.2, 0) is 11.2 Å². The van der Waals surface area contributed by atoms with E-state index in [1.54, 1.807) is 24.3 Å². The molecule has 1 unspecified atom stereocenters. The average Bonchev–Trinajstić information content (AvgIpc) is 2.70. The number of hydrogen-bond donors (Lipinski definition) is 2. The average molecular weight is 219 g/mol. The molecule has 3 nitrogen and oxygen atoms in total. The van der Waals surface area contributed by atoms with Crippen molar-refractivity contribution < 1.29 is 9.90 Å². The molecule has 1 aliphatic rings. The second-order valence-electron chi connectivity index (χ2n) is 4.63. The van der Waals surface area contributed by atoms with Crippen molar-refractivity contribution in [2.24, 2.45) is 0 Å². The number of rotatable bonds is 3. The van der Waals surface area contributed by atoms with Gasteiger partial charge in [0.05, 0.1) is 5.54 Å². The van der Waals surface area contributed by atoms with Crippen molar-refractivity contribution in [1.29, 1.82) is 0 Å². The van der Waals surface area contributed by atoms with Gasteiger partial charge in [0.1, 0.15) is 5.75 Å². The maximum Gasteiger partial charge on any atom is 0.156 e. The number of Topliss-reactive ketones (excluding diaryl/α,β-unsaturated/α-hetero) is 1. The number of phenolic OH excluding ortho intramolecular Hbond substituents is 1. The molecule has 1 aliphatic heterocycles. The smallest absolute Gasteiger partial charge is 0.156 e. The molecule has 0 radical (unpaired) electrons. The molecular formula is C13H17NO2. The second kappa shape index (κ2) is 4.26. The molecule has 0 amide bonds. The van der Waals surface area contributed by atoms with E-state index in [-0.39, 0.29) is 17.1 Å². The Morgan fingerprint density at radius 2 is 2.12 bits per heavy atom. The van der Waals surface area contributed by atoms with E-state index in [0.29, 0.717) is 6.42 Å². The maximum atomic E-state index is 12.1. The van der Waals surface area contributed by atoms with Crippen LogP contribution in [0.15, 0.2) is 24.3 Å². The van der Waals surface area contributed by atoms with Crippen molar-refractivity contribution in [3.8, 4) is 5.75 Å². The van der Waals surface area contributed by atoms with Gasteiger partial charge < -0.3 is 10.4 Å². The molecule has 1 saturated heterocycles. The zero-order valence-corrected chi connectivity index (χ0v) is 9.49. The maximum absolute atomic E-state index is 12.1. The second-order valence-corrected chi connectivity index (χ2v) is 4.63. The summed E-state index contributed by atoms with van der Waals surface area (Å²) in [5.41, 5.74) is 0.607. The van der Waals surface area contributed by atoms with Crippen LogP contribution in [0.1, 0.15) is 25.3 Å². The van der Waals surface area contributed by atoms with Crippen molar-refractivity contribution in [3.63, 3.8) is 0 Å². The topological polar surface area (TPSA) is 49.3 Å². The lowest BCUT2D eigenvalue weighted by molar-refractivity contribution is -0.123. The van der Waals surface area contributed by atoms with Crippen LogP contribution < -0.4 is 5.32 Å². The molecule has 86 valence electrons. The molecule has 1 fully saturated rings. The monoisotopic (exact) mass is 219 g/mol. The summed E-state index contributed by atoms with van der Waals surface area (Å²) >= 11 is 0. The Bertz CT molecular complexity index is 377. The molecule has 16 heavy (non-hydrogen) atoms. The van der Waals surface area contributed by atoms with Crippen LogP contribution >= 0.6 is 0 Å². The molecule has 2 N–H and O–H groups in total. The summed E-state index contributed by atoms with van der Waals surface area (Å²) in [7, 11) is 0. The van der Waals surface area contributed by atoms with Gasteiger partial charge in [-0.25, -0.2) is 0 Å². The molecule has 2 rings (SSSR count). The third-order valence-electron chi connectivity index (χ3n) is 3.29. The van der Waals surface area contributed by atoms with Gasteiger partial charge in [0.25, 0.3) is 0 Å². The predicted molar refractivity (Wildman–Crippen MR) is 62.5 cm³/mol. The summed E-state index contributed by atoms with van der Waals surface area (Å²) in [5, 5.41) is 12.4. The van der Waals surface area contributed by atoms with Gasteiger partial charge in [-0.1, -0.05) is 12.1 Å². The van der Waals surface area contributed by atoms with Gasteiger partial charge in [-0.3, -0.25) is 4.79 Å². The molecular weight excluding hydrogens is 202 g/mol. The van der Waals surface area contributed by atoms with Crippen LogP contribution in [0.3, 0.4) is 0 Å². The first-order chi connectivity index (χ1) is 7.60. The highest BCUT2D eigenvalue weighted by molar-refractivity contribution is 5.90. The number of benzene rings is 1. The first-order valence-corrected chi connectivity index (χ1v) is 5.66. The Morgan fingerprint density at radius 3 is 2.69 bits per heavy atom. The zero-order chi connectivity index (χ0) is 11.6. The molecule has 0 bridgehead atoms. The van der Waals surface area contributed by atoms with E-state index in [1.807, 2.05) is 6.92 Å². The number of carbonyl (C=O) groups is 1. The fraction of sp³-hybridized carbons (Fsp3) is 0.462. The van der Waals surface area contributed by atoms with Crippen LogP contribution in [0.2, 0.25) is 0 Å². The Kier molecular flexibility index (Phi) is 2.97. The van der Waals surface area contributed by atoms with E-state index < -0.39 is 0 Å². The number of carbonyl (C=O) groups excluding carboxylic acids is 1. The number of phenols is 1. The van der Waals surface area contributed by atoms with Crippen LogP contribution in [0.5, 0.6) is 5.75 Å². The van der Waals surface area contributed by atoms with E-state index in [9.17, 15) is 4.79 Å². The highest BCUT2D eigenvalue weighted by atomic mass is 16.3. The summed E-state index contributed by atoms with van der Waals surface area (Å²) in [5.74, 6) is 0.470. The summed E-state index contributed by atoms with van der Waals surface area (Å²) in [6.07, 6.45) is 2.42. The normalized spacial score (nSPS) is 24.6. The van der Waals surface area contributed by atoms with Crippen LogP contribution in [-0.4, -0.2) is 23.0 Å². The van der Waals surface area contributed by atoms with Gasteiger partial charge in [-0.15, -0.1) is 0 Å². The zero-order valence-electron chi connectivity index (χ0n) is 9.49. The van der Waals surface area contributed by atoms with Gasteiger partial charge in [0.15, 0.2) is 5.78 Å². The van der Waals surface area contributed by atoms with Crippen molar-refractivity contribution in [1.82, 2.24) is 5.32 Å². The first kappa shape index (κ1) is 11.1. The highest BCUT2D eigenvalue weighted by Gasteiger charge is 2.35. The fourth-order valence-electron chi connectivity index (χ4n) is 2.13. The Morgan fingerprint density at radius 1 is 1.44 bits per heavy atom. The van der Waals surface area contributed by atoms with Gasteiger partial charge in [-0.05, 0) is 44.0 Å². The van der Waals surface area contributed by atoms with Crippen molar-refractivity contribution in [2.45, 2.75) is 31.7 Å². The lowest BCUT2D eigenvalue weighted by Crippen LogP contribution is -2.45. The van der Waals surface area contributed by atoms with Crippen LogP contribution in [0, 0.1) is 0 Å². The van der Waals surface area contributed by atoms with Crippen molar-refractivity contribution >= 4 is 5.78 Å². The molecule has 1 heterocycles. The predicted octanol–water partition coefficient (Wildman–Crippen LogP) is 1.65. The minimum absolute atomic E-state index is 0.232.